The number of aliphatic hydroxyl groups excluding tert-OH is 1. The van der Waals surface area contributed by atoms with Crippen LogP contribution in [0.1, 0.15) is 23.0 Å². The molecule has 2 unspecified atom stereocenters. The van der Waals surface area contributed by atoms with E-state index < -0.39 is 0 Å². The third-order valence-electron chi connectivity index (χ3n) is 3.92. The van der Waals surface area contributed by atoms with Gasteiger partial charge in [0, 0.05) is 29.1 Å². The average Bonchev–Trinajstić information content (AvgIpc) is 3.04. The molecule has 0 aliphatic carbocycles. The second-order valence-electron chi connectivity index (χ2n) is 5.28. The lowest BCUT2D eigenvalue weighted by atomic mass is 10.0. The minimum atomic E-state index is -0.370. The number of halogens is 1. The van der Waals surface area contributed by atoms with Gasteiger partial charge in [-0.05, 0) is 19.4 Å². The van der Waals surface area contributed by atoms with Crippen LogP contribution in [0.5, 0.6) is 0 Å². The number of carbonyl (C=O) groups is 1. The summed E-state index contributed by atoms with van der Waals surface area (Å²) in [6, 6.07) is 7.79. The number of benzene rings is 1. The van der Waals surface area contributed by atoms with Gasteiger partial charge in [0.25, 0.3) is 5.91 Å². The molecule has 5 heteroatoms. The summed E-state index contributed by atoms with van der Waals surface area (Å²) in [5.74, 6) is 0.159. The number of carbonyl (C=O) groups excluding carboxylic acids is 1. The lowest BCUT2D eigenvalue weighted by Gasteiger charge is -2.17. The first-order chi connectivity index (χ1) is 9.58. The van der Waals surface area contributed by atoms with Gasteiger partial charge < -0.3 is 10.0 Å². The number of rotatable bonds is 2. The van der Waals surface area contributed by atoms with E-state index in [2.05, 4.69) is 0 Å². The predicted octanol–water partition coefficient (Wildman–Crippen LogP) is 3.40. The Balaban J connectivity index is 1.88. The zero-order valence-electron chi connectivity index (χ0n) is 11.2. The van der Waals surface area contributed by atoms with Gasteiger partial charge in [0.15, 0.2) is 0 Å². The van der Waals surface area contributed by atoms with E-state index in [1.54, 1.807) is 11.8 Å². The number of aliphatic hydroxyl groups is 1. The fourth-order valence-corrected chi connectivity index (χ4v) is 4.14. The van der Waals surface area contributed by atoms with Crippen molar-refractivity contribution in [3.63, 3.8) is 0 Å². The van der Waals surface area contributed by atoms with Gasteiger partial charge in [0.05, 0.1) is 11.1 Å². The van der Waals surface area contributed by atoms with Crippen molar-refractivity contribution in [2.45, 2.75) is 19.4 Å². The normalized spacial score (nSPS) is 20.6. The molecule has 0 spiro atoms. The SMILES string of the molecule is CC(O)C1CCN(C(=O)c2sc3ccccc3c2Cl)C1. The molecular weight excluding hydrogens is 294 g/mol. The minimum Gasteiger partial charge on any atom is -0.393 e. The summed E-state index contributed by atoms with van der Waals surface area (Å²) in [4.78, 5) is 15.0. The average molecular weight is 310 g/mol. The largest absolute Gasteiger partial charge is 0.393 e. The molecular formula is C15H16ClNO2S. The molecule has 1 saturated heterocycles. The Morgan fingerprint density at radius 3 is 2.90 bits per heavy atom. The van der Waals surface area contributed by atoms with Crippen molar-refractivity contribution in [1.82, 2.24) is 4.90 Å². The van der Waals surface area contributed by atoms with Gasteiger partial charge >= 0.3 is 0 Å². The summed E-state index contributed by atoms with van der Waals surface area (Å²) in [5, 5.41) is 11.1. The molecule has 1 aromatic carbocycles. The van der Waals surface area contributed by atoms with Gasteiger partial charge in [-0.25, -0.2) is 0 Å². The molecule has 1 aliphatic heterocycles. The monoisotopic (exact) mass is 309 g/mol. The Labute approximate surface area is 126 Å². The lowest BCUT2D eigenvalue weighted by molar-refractivity contribution is 0.0767. The van der Waals surface area contributed by atoms with Crippen molar-refractivity contribution in [2.24, 2.45) is 5.92 Å². The van der Waals surface area contributed by atoms with Crippen LogP contribution in [0.25, 0.3) is 10.1 Å². The summed E-state index contributed by atoms with van der Waals surface area (Å²) in [6.45, 7) is 3.09. The zero-order chi connectivity index (χ0) is 14.3. The van der Waals surface area contributed by atoms with E-state index in [0.717, 1.165) is 16.5 Å². The van der Waals surface area contributed by atoms with E-state index in [9.17, 15) is 9.90 Å². The molecule has 2 heterocycles. The van der Waals surface area contributed by atoms with Crippen LogP contribution in [0, 0.1) is 5.92 Å². The second-order valence-corrected chi connectivity index (χ2v) is 6.71. The van der Waals surface area contributed by atoms with Crippen molar-refractivity contribution >= 4 is 38.9 Å². The highest BCUT2D eigenvalue weighted by Crippen LogP contribution is 2.36. The van der Waals surface area contributed by atoms with Crippen molar-refractivity contribution in [3.8, 4) is 0 Å². The maximum atomic E-state index is 12.6. The van der Waals surface area contributed by atoms with Gasteiger partial charge in [-0.15, -0.1) is 11.3 Å². The molecule has 1 aromatic heterocycles. The van der Waals surface area contributed by atoms with E-state index in [-0.39, 0.29) is 17.9 Å². The number of fused-ring (bicyclic) bond motifs is 1. The van der Waals surface area contributed by atoms with Crippen LogP contribution in [-0.2, 0) is 0 Å². The van der Waals surface area contributed by atoms with E-state index >= 15 is 0 Å². The molecule has 20 heavy (non-hydrogen) atoms. The highest BCUT2D eigenvalue weighted by Gasteiger charge is 2.31. The molecule has 0 radical (unpaired) electrons. The molecule has 3 nitrogen and oxygen atoms in total. The molecule has 0 saturated carbocycles. The summed E-state index contributed by atoms with van der Waals surface area (Å²) >= 11 is 7.79. The smallest absolute Gasteiger partial charge is 0.265 e. The molecule has 3 rings (SSSR count). The first-order valence-corrected chi connectivity index (χ1v) is 7.91. The number of nitrogens with zero attached hydrogens (tertiary/aromatic N) is 1. The topological polar surface area (TPSA) is 40.5 Å². The summed E-state index contributed by atoms with van der Waals surface area (Å²) in [7, 11) is 0. The lowest BCUT2D eigenvalue weighted by Crippen LogP contribution is -2.30. The Hall–Kier alpha value is -1.10. The van der Waals surface area contributed by atoms with Crippen LogP contribution in [0.2, 0.25) is 5.02 Å². The van der Waals surface area contributed by atoms with Crippen molar-refractivity contribution < 1.29 is 9.90 Å². The minimum absolute atomic E-state index is 0.0145. The Morgan fingerprint density at radius 1 is 1.50 bits per heavy atom. The highest BCUT2D eigenvalue weighted by atomic mass is 35.5. The van der Waals surface area contributed by atoms with E-state index in [1.165, 1.54) is 11.3 Å². The molecule has 1 aliphatic rings. The van der Waals surface area contributed by atoms with Crippen molar-refractivity contribution in [1.29, 1.82) is 0 Å². The molecule has 106 valence electrons. The van der Waals surface area contributed by atoms with Gasteiger partial charge in [-0.2, -0.15) is 0 Å². The number of likely N-dealkylation sites (tertiary alicyclic amines) is 1. The van der Waals surface area contributed by atoms with Crippen LogP contribution in [-0.4, -0.2) is 35.1 Å². The maximum Gasteiger partial charge on any atom is 0.265 e. The number of amides is 1. The van der Waals surface area contributed by atoms with Crippen LogP contribution in [0.15, 0.2) is 24.3 Å². The van der Waals surface area contributed by atoms with Gasteiger partial charge in [-0.1, -0.05) is 29.8 Å². The Bertz CT molecular complexity index is 652. The van der Waals surface area contributed by atoms with E-state index in [1.807, 2.05) is 24.3 Å². The van der Waals surface area contributed by atoms with E-state index in [0.29, 0.717) is 23.0 Å². The van der Waals surface area contributed by atoms with Gasteiger partial charge in [0.2, 0.25) is 0 Å². The van der Waals surface area contributed by atoms with Gasteiger partial charge in [0.1, 0.15) is 4.88 Å². The number of thiophene rings is 1. The fourth-order valence-electron chi connectivity index (χ4n) is 2.66. The Kier molecular flexibility index (Phi) is 3.71. The van der Waals surface area contributed by atoms with Crippen LogP contribution in [0.4, 0.5) is 0 Å². The number of hydrogen-bond acceptors (Lipinski definition) is 3. The summed E-state index contributed by atoms with van der Waals surface area (Å²) < 4.78 is 1.03. The quantitative estimate of drug-likeness (QED) is 0.923. The highest BCUT2D eigenvalue weighted by molar-refractivity contribution is 7.21. The maximum absolute atomic E-state index is 12.6. The predicted molar refractivity (Wildman–Crippen MR) is 82.5 cm³/mol. The van der Waals surface area contributed by atoms with Crippen LogP contribution < -0.4 is 0 Å². The third-order valence-corrected chi connectivity index (χ3v) is 5.59. The molecule has 1 N–H and O–H groups in total. The summed E-state index contributed by atoms with van der Waals surface area (Å²) in [6.07, 6.45) is 0.483. The first-order valence-electron chi connectivity index (χ1n) is 6.72. The van der Waals surface area contributed by atoms with Crippen LogP contribution >= 0.6 is 22.9 Å². The van der Waals surface area contributed by atoms with Crippen molar-refractivity contribution in [2.75, 3.05) is 13.1 Å². The third kappa shape index (κ3) is 2.32. The summed E-state index contributed by atoms with van der Waals surface area (Å²) in [5.41, 5.74) is 0. The molecule has 1 fully saturated rings. The molecule has 1 amide bonds. The Morgan fingerprint density at radius 2 is 2.25 bits per heavy atom. The standard InChI is InChI=1S/C15H16ClNO2S/c1-9(18)10-6-7-17(8-10)15(19)14-13(16)11-4-2-3-5-12(11)20-14/h2-5,9-10,18H,6-8H2,1H3. The van der Waals surface area contributed by atoms with Gasteiger partial charge in [-0.3, -0.25) is 4.79 Å². The molecule has 2 atom stereocenters. The first kappa shape index (κ1) is 13.9. The zero-order valence-corrected chi connectivity index (χ0v) is 12.7. The number of hydrogen-bond donors (Lipinski definition) is 1. The second kappa shape index (κ2) is 5.35. The van der Waals surface area contributed by atoms with Crippen molar-refractivity contribution in [3.05, 3.63) is 34.2 Å². The van der Waals surface area contributed by atoms with Crippen LogP contribution in [0.3, 0.4) is 0 Å². The fraction of sp³-hybridized carbons (Fsp3) is 0.400. The molecule has 2 aromatic rings. The molecule has 0 bridgehead atoms. The van der Waals surface area contributed by atoms with E-state index in [4.69, 9.17) is 11.6 Å².